The summed E-state index contributed by atoms with van der Waals surface area (Å²) < 4.78 is 0. The number of hydrogen-bond acceptors (Lipinski definition) is 4. The Hall–Kier alpha value is -0.940. The van der Waals surface area contributed by atoms with Crippen LogP contribution in [0.25, 0.3) is 0 Å². The van der Waals surface area contributed by atoms with Gasteiger partial charge in [-0.25, -0.2) is 4.98 Å². The minimum Gasteiger partial charge on any atom is -0.341 e. The Labute approximate surface area is 124 Å². The molecule has 0 radical (unpaired) electrons. The molecule has 0 aromatic carbocycles. The number of nitrogens with zero attached hydrogens (tertiary/aromatic N) is 3. The molecule has 0 bridgehead atoms. The van der Waals surface area contributed by atoms with E-state index in [1.54, 1.807) is 11.3 Å². The lowest BCUT2D eigenvalue weighted by Gasteiger charge is -2.44. The van der Waals surface area contributed by atoms with Crippen molar-refractivity contribution in [1.29, 1.82) is 0 Å². The third kappa shape index (κ3) is 2.37. The van der Waals surface area contributed by atoms with Gasteiger partial charge in [0.15, 0.2) is 0 Å². The maximum Gasteiger partial charge on any atom is 0.243 e. The van der Waals surface area contributed by atoms with Gasteiger partial charge in [-0.2, -0.15) is 0 Å². The van der Waals surface area contributed by atoms with Gasteiger partial charge in [0.05, 0.1) is 6.54 Å². The summed E-state index contributed by atoms with van der Waals surface area (Å²) in [5, 5.41) is 3.15. The maximum atomic E-state index is 12.9. The minimum atomic E-state index is -0.223. The number of likely N-dealkylation sites (tertiary alicyclic amines) is 2. The van der Waals surface area contributed by atoms with Crippen LogP contribution in [-0.4, -0.2) is 45.9 Å². The largest absolute Gasteiger partial charge is 0.341 e. The number of aromatic nitrogens is 1. The molecule has 0 N–H and O–H groups in total. The molecule has 2 saturated heterocycles. The first-order valence-corrected chi connectivity index (χ1v) is 8.57. The summed E-state index contributed by atoms with van der Waals surface area (Å²) in [6.45, 7) is 5.87. The number of carbonyl (C=O) groups is 1. The van der Waals surface area contributed by atoms with Gasteiger partial charge in [0.2, 0.25) is 5.91 Å². The molecule has 1 aromatic rings. The van der Waals surface area contributed by atoms with Gasteiger partial charge in [-0.3, -0.25) is 9.69 Å². The standard InChI is InChI=1S/C15H23N3OS/c1-2-8-17-9-3-5-15(14(17)19)6-4-10-18(15)12-13-16-7-11-20-13/h7,11H,2-6,8-10,12H2,1H3. The van der Waals surface area contributed by atoms with Gasteiger partial charge in [0.1, 0.15) is 10.5 Å². The molecule has 2 aliphatic heterocycles. The third-order valence-electron chi connectivity index (χ3n) is 4.63. The maximum absolute atomic E-state index is 12.9. The first kappa shape index (κ1) is 14.0. The average Bonchev–Trinajstić information content (AvgIpc) is 3.08. The highest BCUT2D eigenvalue weighted by Crippen LogP contribution is 2.39. The Morgan fingerprint density at radius 1 is 1.35 bits per heavy atom. The van der Waals surface area contributed by atoms with E-state index in [1.165, 1.54) is 0 Å². The van der Waals surface area contributed by atoms with Crippen molar-refractivity contribution in [2.24, 2.45) is 0 Å². The van der Waals surface area contributed by atoms with Crippen LogP contribution in [0.2, 0.25) is 0 Å². The van der Waals surface area contributed by atoms with Crippen molar-refractivity contribution in [2.45, 2.75) is 51.1 Å². The van der Waals surface area contributed by atoms with E-state index in [9.17, 15) is 4.79 Å². The quantitative estimate of drug-likeness (QED) is 0.856. The van der Waals surface area contributed by atoms with Gasteiger partial charge in [0.25, 0.3) is 0 Å². The molecule has 110 valence electrons. The molecule has 5 heteroatoms. The molecule has 2 aliphatic rings. The van der Waals surface area contributed by atoms with Crippen molar-refractivity contribution < 1.29 is 4.79 Å². The van der Waals surface area contributed by atoms with Crippen molar-refractivity contribution in [1.82, 2.24) is 14.8 Å². The van der Waals surface area contributed by atoms with E-state index in [4.69, 9.17) is 0 Å². The smallest absolute Gasteiger partial charge is 0.243 e. The number of thiazole rings is 1. The van der Waals surface area contributed by atoms with E-state index >= 15 is 0 Å². The molecule has 1 spiro atoms. The zero-order valence-electron chi connectivity index (χ0n) is 12.2. The highest BCUT2D eigenvalue weighted by Gasteiger charge is 2.50. The molecule has 20 heavy (non-hydrogen) atoms. The first-order chi connectivity index (χ1) is 9.76. The van der Waals surface area contributed by atoms with Gasteiger partial charge < -0.3 is 4.90 Å². The summed E-state index contributed by atoms with van der Waals surface area (Å²) in [4.78, 5) is 21.8. The molecule has 4 nitrogen and oxygen atoms in total. The Bertz CT molecular complexity index is 460. The number of rotatable bonds is 4. The molecule has 1 unspecified atom stereocenters. The molecule has 0 saturated carbocycles. The van der Waals surface area contributed by atoms with Crippen LogP contribution < -0.4 is 0 Å². The average molecular weight is 293 g/mol. The van der Waals surface area contributed by atoms with E-state index in [0.717, 1.165) is 63.3 Å². The Morgan fingerprint density at radius 3 is 2.85 bits per heavy atom. The molecule has 3 rings (SSSR count). The van der Waals surface area contributed by atoms with E-state index in [2.05, 4.69) is 21.7 Å². The van der Waals surface area contributed by atoms with Gasteiger partial charge in [-0.15, -0.1) is 11.3 Å². The third-order valence-corrected chi connectivity index (χ3v) is 5.39. The fourth-order valence-corrected chi connectivity index (χ4v) is 4.36. The van der Waals surface area contributed by atoms with Gasteiger partial charge >= 0.3 is 0 Å². The van der Waals surface area contributed by atoms with Crippen molar-refractivity contribution in [2.75, 3.05) is 19.6 Å². The molecular weight excluding hydrogens is 270 g/mol. The first-order valence-electron chi connectivity index (χ1n) is 7.69. The number of carbonyl (C=O) groups excluding carboxylic acids is 1. The van der Waals surface area contributed by atoms with Crippen LogP contribution >= 0.6 is 11.3 Å². The monoisotopic (exact) mass is 293 g/mol. The Kier molecular flexibility index (Phi) is 4.08. The van der Waals surface area contributed by atoms with E-state index in [-0.39, 0.29) is 5.54 Å². The molecule has 0 aliphatic carbocycles. The predicted octanol–water partition coefficient (Wildman–Crippen LogP) is 2.51. The van der Waals surface area contributed by atoms with Crippen LogP contribution in [0.15, 0.2) is 11.6 Å². The summed E-state index contributed by atoms with van der Waals surface area (Å²) >= 11 is 1.69. The lowest BCUT2D eigenvalue weighted by molar-refractivity contribution is -0.147. The summed E-state index contributed by atoms with van der Waals surface area (Å²) in [5.74, 6) is 0.375. The lowest BCUT2D eigenvalue weighted by Crippen LogP contribution is -2.59. The van der Waals surface area contributed by atoms with E-state index < -0.39 is 0 Å². The van der Waals surface area contributed by atoms with Crippen LogP contribution in [-0.2, 0) is 11.3 Å². The summed E-state index contributed by atoms with van der Waals surface area (Å²) in [7, 11) is 0. The molecular formula is C15H23N3OS. The zero-order valence-corrected chi connectivity index (χ0v) is 13.0. The highest BCUT2D eigenvalue weighted by atomic mass is 32.1. The van der Waals surface area contributed by atoms with Crippen LogP contribution in [0.5, 0.6) is 0 Å². The van der Waals surface area contributed by atoms with Crippen molar-refractivity contribution in [3.05, 3.63) is 16.6 Å². The predicted molar refractivity (Wildman–Crippen MR) is 80.6 cm³/mol. The van der Waals surface area contributed by atoms with Gasteiger partial charge in [-0.1, -0.05) is 6.92 Å². The van der Waals surface area contributed by atoms with Crippen LogP contribution in [0, 0.1) is 0 Å². The van der Waals surface area contributed by atoms with E-state index in [1.807, 2.05) is 11.6 Å². The normalized spacial score (nSPS) is 27.6. The molecule has 2 fully saturated rings. The fraction of sp³-hybridized carbons (Fsp3) is 0.733. The zero-order chi connectivity index (χ0) is 14.0. The minimum absolute atomic E-state index is 0.223. The SMILES string of the molecule is CCCN1CCCC2(CCCN2Cc2nccs2)C1=O. The van der Waals surface area contributed by atoms with Crippen molar-refractivity contribution in [3.63, 3.8) is 0 Å². The second kappa shape index (κ2) is 5.82. The highest BCUT2D eigenvalue weighted by molar-refractivity contribution is 7.09. The van der Waals surface area contributed by atoms with Gasteiger partial charge in [-0.05, 0) is 38.6 Å². The van der Waals surface area contributed by atoms with Crippen LogP contribution in [0.4, 0.5) is 0 Å². The second-order valence-corrected chi connectivity index (χ2v) is 6.86. The summed E-state index contributed by atoms with van der Waals surface area (Å²) in [5.41, 5.74) is -0.223. The molecule has 1 aromatic heterocycles. The second-order valence-electron chi connectivity index (χ2n) is 5.88. The molecule has 3 heterocycles. The molecule has 1 atom stereocenters. The van der Waals surface area contributed by atoms with Crippen LogP contribution in [0.1, 0.15) is 44.0 Å². The fourth-order valence-electron chi connectivity index (χ4n) is 3.73. The lowest BCUT2D eigenvalue weighted by atomic mass is 9.85. The Morgan fingerprint density at radius 2 is 2.15 bits per heavy atom. The van der Waals surface area contributed by atoms with Crippen molar-refractivity contribution in [3.8, 4) is 0 Å². The summed E-state index contributed by atoms with van der Waals surface area (Å²) in [6.07, 6.45) is 7.23. The Balaban J connectivity index is 1.79. The van der Waals surface area contributed by atoms with Gasteiger partial charge in [0, 0.05) is 24.7 Å². The van der Waals surface area contributed by atoms with Crippen molar-refractivity contribution >= 4 is 17.2 Å². The molecule has 1 amide bonds. The number of amides is 1. The summed E-state index contributed by atoms with van der Waals surface area (Å²) in [6, 6.07) is 0. The van der Waals surface area contributed by atoms with E-state index in [0.29, 0.717) is 5.91 Å². The number of hydrogen-bond donors (Lipinski definition) is 0. The number of piperidine rings is 1. The topological polar surface area (TPSA) is 36.4 Å². The van der Waals surface area contributed by atoms with Crippen LogP contribution in [0.3, 0.4) is 0 Å².